The summed E-state index contributed by atoms with van der Waals surface area (Å²) < 4.78 is 18.9. The van der Waals surface area contributed by atoms with E-state index in [2.05, 4.69) is 20.3 Å². The molecule has 1 fully saturated rings. The average Bonchev–Trinajstić information content (AvgIpc) is 3.69. The molecule has 1 aliphatic rings. The van der Waals surface area contributed by atoms with E-state index >= 15 is 0 Å². The number of aromatic amines is 1. The van der Waals surface area contributed by atoms with Crippen molar-refractivity contribution in [2.45, 2.75) is 50.2 Å². The van der Waals surface area contributed by atoms with Gasteiger partial charge in [-0.1, -0.05) is 68.4 Å². The van der Waals surface area contributed by atoms with Crippen molar-refractivity contribution in [2.24, 2.45) is 5.92 Å². The molecule has 0 bridgehead atoms. The summed E-state index contributed by atoms with van der Waals surface area (Å²) in [4.78, 5) is 36.4. The average molecular weight is 640 g/mol. The van der Waals surface area contributed by atoms with Crippen molar-refractivity contribution in [3.05, 3.63) is 112 Å². The maximum Gasteiger partial charge on any atom is 0.280 e. The number of H-pyrrole nitrogens is 1. The van der Waals surface area contributed by atoms with Gasteiger partial charge in [0.15, 0.2) is 11.2 Å². The third-order valence-corrected chi connectivity index (χ3v) is 8.72. The maximum atomic E-state index is 12.8. The molecule has 1 amide bonds. The largest absolute Gasteiger partial charge is 0.497 e. The molecule has 12 nitrogen and oxygen atoms in total. The molecule has 244 valence electrons. The van der Waals surface area contributed by atoms with Crippen LogP contribution in [0.2, 0.25) is 0 Å². The zero-order chi connectivity index (χ0) is 33.3. The highest BCUT2D eigenvalue weighted by molar-refractivity contribution is 5.91. The molecule has 0 saturated carbocycles. The minimum absolute atomic E-state index is 0.0276. The van der Waals surface area contributed by atoms with E-state index in [0.29, 0.717) is 11.5 Å². The maximum absolute atomic E-state index is 12.8. The fourth-order valence-corrected chi connectivity index (χ4v) is 6.26. The predicted molar refractivity (Wildman–Crippen MR) is 174 cm³/mol. The fraction of sp³-hybridized carbons (Fsp3) is 0.314. The molecule has 0 aliphatic carbocycles. The third-order valence-electron chi connectivity index (χ3n) is 8.72. The number of nitrogens with one attached hydrogen (secondary N) is 2. The number of hydrogen-bond acceptors (Lipinski definition) is 9. The van der Waals surface area contributed by atoms with Crippen molar-refractivity contribution >= 4 is 23.0 Å². The molecule has 2 aromatic heterocycles. The normalized spacial score (nSPS) is 18.7. The summed E-state index contributed by atoms with van der Waals surface area (Å²) in [6.07, 6.45) is -2.88. The Hall–Kier alpha value is -5.04. The van der Waals surface area contributed by atoms with E-state index in [1.165, 1.54) is 10.9 Å². The van der Waals surface area contributed by atoms with Crippen LogP contribution in [0.15, 0.2) is 90.0 Å². The van der Waals surface area contributed by atoms with Crippen LogP contribution in [0.25, 0.3) is 11.2 Å². The van der Waals surface area contributed by atoms with Crippen molar-refractivity contribution in [3.63, 3.8) is 0 Å². The number of nitrogens with zero attached hydrogens (tertiary/aromatic N) is 3. The van der Waals surface area contributed by atoms with E-state index < -0.39 is 35.5 Å². The minimum atomic E-state index is -1.32. The summed E-state index contributed by atoms with van der Waals surface area (Å²) >= 11 is 0. The zero-order valence-electron chi connectivity index (χ0n) is 26.5. The highest BCUT2D eigenvalue weighted by Gasteiger charge is 2.52. The van der Waals surface area contributed by atoms with Crippen LogP contribution < -0.4 is 20.3 Å². The van der Waals surface area contributed by atoms with Gasteiger partial charge in [0.1, 0.15) is 29.9 Å². The number of amides is 1. The number of anilines is 1. The first-order valence-corrected chi connectivity index (χ1v) is 15.3. The predicted octanol–water partition coefficient (Wildman–Crippen LogP) is 3.78. The summed E-state index contributed by atoms with van der Waals surface area (Å²) in [5, 5.41) is 26.8. The molecular formula is C35H37N5O7. The molecule has 0 spiro atoms. The standard InChI is InChI=1S/C35H37N5O7/c1-20(2)32(43)38-34-37-31-28(33(44)39-34)36-19-40(31)27-18-26(41)29(47-27)30(42)35(21-8-6-5-7-9-21,22-10-14-24(45-3)15-11-22)23-12-16-25(46-4)17-13-23/h5-17,19-20,26-27,29-30,41-42H,18H2,1-4H3,(H2,37,38,39,43,44)/t26-,27+,29-,30?/m0/s1. The van der Waals surface area contributed by atoms with Crippen LogP contribution in [-0.4, -0.2) is 68.2 Å². The monoisotopic (exact) mass is 639 g/mol. The molecule has 47 heavy (non-hydrogen) atoms. The Bertz CT molecular complexity index is 1860. The van der Waals surface area contributed by atoms with E-state index in [9.17, 15) is 19.8 Å². The number of aromatic nitrogens is 4. The molecule has 5 aromatic rings. The molecule has 3 aromatic carbocycles. The lowest BCUT2D eigenvalue weighted by Crippen LogP contribution is -2.51. The molecule has 0 radical (unpaired) electrons. The second-order valence-corrected chi connectivity index (χ2v) is 11.8. The Morgan fingerprint density at radius 3 is 2.11 bits per heavy atom. The molecular weight excluding hydrogens is 602 g/mol. The van der Waals surface area contributed by atoms with Crippen molar-refractivity contribution in [1.29, 1.82) is 0 Å². The van der Waals surface area contributed by atoms with Crippen LogP contribution in [0.1, 0.15) is 43.2 Å². The molecule has 12 heteroatoms. The van der Waals surface area contributed by atoms with E-state index in [1.54, 1.807) is 28.1 Å². The third kappa shape index (κ3) is 5.75. The van der Waals surface area contributed by atoms with Crippen LogP contribution in [0.5, 0.6) is 11.5 Å². The summed E-state index contributed by atoms with van der Waals surface area (Å²) in [5.41, 5.74) is 0.714. The van der Waals surface area contributed by atoms with Gasteiger partial charge in [0.05, 0.1) is 32.1 Å². The Morgan fingerprint density at radius 1 is 0.979 bits per heavy atom. The Kier molecular flexibility index (Phi) is 8.82. The number of ether oxygens (including phenoxy) is 3. The van der Waals surface area contributed by atoms with Gasteiger partial charge in [-0.3, -0.25) is 24.5 Å². The quantitative estimate of drug-likeness (QED) is 0.167. The number of imidazole rings is 1. The van der Waals surface area contributed by atoms with Crippen molar-refractivity contribution in [2.75, 3.05) is 19.5 Å². The lowest BCUT2D eigenvalue weighted by atomic mass is 9.64. The van der Waals surface area contributed by atoms with Crippen LogP contribution in [-0.2, 0) is 14.9 Å². The molecule has 1 aliphatic heterocycles. The molecule has 4 atom stereocenters. The first kappa shape index (κ1) is 31.9. The smallest absolute Gasteiger partial charge is 0.280 e. The second kappa shape index (κ2) is 13.0. The second-order valence-electron chi connectivity index (χ2n) is 11.8. The minimum Gasteiger partial charge on any atom is -0.497 e. The fourth-order valence-electron chi connectivity index (χ4n) is 6.26. The van der Waals surface area contributed by atoms with Gasteiger partial charge >= 0.3 is 0 Å². The molecule has 3 heterocycles. The highest BCUT2D eigenvalue weighted by atomic mass is 16.5. The number of aliphatic hydroxyl groups is 2. The lowest BCUT2D eigenvalue weighted by molar-refractivity contribution is -0.118. The van der Waals surface area contributed by atoms with Gasteiger partial charge in [-0.2, -0.15) is 4.98 Å². The van der Waals surface area contributed by atoms with Gasteiger partial charge in [0.25, 0.3) is 5.56 Å². The van der Waals surface area contributed by atoms with E-state index in [4.69, 9.17) is 14.2 Å². The number of fused-ring (bicyclic) bond motifs is 1. The SMILES string of the molecule is COc1ccc(C(c2ccccc2)(c2ccc(OC)cc2)C(O)[C@H]2O[C@@H](n3cnc4c(=O)[nH]c(NC(=O)C(C)C)nc43)C[C@@H]2O)cc1. The van der Waals surface area contributed by atoms with Crippen LogP contribution >= 0.6 is 0 Å². The summed E-state index contributed by atoms with van der Waals surface area (Å²) in [6, 6.07) is 24.4. The Morgan fingerprint density at radius 2 is 1.55 bits per heavy atom. The summed E-state index contributed by atoms with van der Waals surface area (Å²) in [7, 11) is 3.18. The molecule has 6 rings (SSSR count). The number of carbonyl (C=O) groups is 1. The lowest BCUT2D eigenvalue weighted by Gasteiger charge is -2.43. The van der Waals surface area contributed by atoms with E-state index in [-0.39, 0.29) is 35.4 Å². The van der Waals surface area contributed by atoms with E-state index in [0.717, 1.165) is 16.7 Å². The number of methoxy groups -OCH3 is 2. The number of benzene rings is 3. The number of aliphatic hydroxyl groups excluding tert-OH is 2. The number of rotatable bonds is 10. The van der Waals surface area contributed by atoms with Gasteiger partial charge in [0, 0.05) is 12.3 Å². The first-order chi connectivity index (χ1) is 22.7. The first-order valence-electron chi connectivity index (χ1n) is 15.3. The van der Waals surface area contributed by atoms with Crippen molar-refractivity contribution < 1.29 is 29.2 Å². The summed E-state index contributed by atoms with van der Waals surface area (Å²) in [6.45, 7) is 3.45. The van der Waals surface area contributed by atoms with Gasteiger partial charge < -0.3 is 24.4 Å². The van der Waals surface area contributed by atoms with E-state index in [1.807, 2.05) is 78.9 Å². The topological polar surface area (TPSA) is 161 Å². The van der Waals surface area contributed by atoms with Crippen LogP contribution in [0.4, 0.5) is 5.95 Å². The van der Waals surface area contributed by atoms with Crippen LogP contribution in [0.3, 0.4) is 0 Å². The van der Waals surface area contributed by atoms with Gasteiger partial charge in [0.2, 0.25) is 11.9 Å². The zero-order valence-corrected chi connectivity index (χ0v) is 26.5. The Labute approximate surface area is 271 Å². The van der Waals surface area contributed by atoms with Crippen molar-refractivity contribution in [1.82, 2.24) is 19.5 Å². The molecule has 4 N–H and O–H groups in total. The van der Waals surface area contributed by atoms with Gasteiger partial charge in [-0.25, -0.2) is 4.98 Å². The van der Waals surface area contributed by atoms with Gasteiger partial charge in [-0.15, -0.1) is 0 Å². The molecule has 1 saturated heterocycles. The van der Waals surface area contributed by atoms with Crippen LogP contribution in [0, 0.1) is 5.92 Å². The number of carbonyl (C=O) groups excluding carboxylic acids is 1. The van der Waals surface area contributed by atoms with Gasteiger partial charge in [-0.05, 0) is 41.0 Å². The van der Waals surface area contributed by atoms with Crippen molar-refractivity contribution in [3.8, 4) is 11.5 Å². The number of hydrogen-bond donors (Lipinski definition) is 4. The molecule has 1 unspecified atom stereocenters. The Balaban J connectivity index is 1.45. The summed E-state index contributed by atoms with van der Waals surface area (Å²) in [5.74, 6) is 0.618. The highest BCUT2D eigenvalue weighted by Crippen LogP contribution is 2.47.